The summed E-state index contributed by atoms with van der Waals surface area (Å²) in [5, 5.41) is 3.67. The molecule has 0 spiro atoms. The minimum Gasteiger partial charge on any atom is -0.313 e. The lowest BCUT2D eigenvalue weighted by Crippen LogP contribution is -2.33. The third-order valence-corrected chi connectivity index (χ3v) is 6.42. The molecule has 0 heterocycles. The lowest BCUT2D eigenvalue weighted by molar-refractivity contribution is 0.203. The van der Waals surface area contributed by atoms with Crippen LogP contribution >= 0.6 is 0 Å². The minimum atomic E-state index is 0.444. The molecule has 1 aromatic carbocycles. The summed E-state index contributed by atoms with van der Waals surface area (Å²) in [6, 6.07) is 0.487. The number of hydrogen-bond acceptors (Lipinski definition) is 1. The summed E-state index contributed by atoms with van der Waals surface area (Å²) in [5.41, 5.74) is 9.43. The van der Waals surface area contributed by atoms with Gasteiger partial charge in [-0.25, -0.2) is 0 Å². The Hall–Kier alpha value is -0.820. The summed E-state index contributed by atoms with van der Waals surface area (Å²) in [5.74, 6) is 0.737. The molecule has 21 heavy (non-hydrogen) atoms. The molecule has 2 rings (SSSR count). The van der Waals surface area contributed by atoms with Gasteiger partial charge in [0.1, 0.15) is 0 Å². The molecule has 1 N–H and O–H groups in total. The molecule has 0 amide bonds. The van der Waals surface area contributed by atoms with Crippen LogP contribution in [0.15, 0.2) is 0 Å². The van der Waals surface area contributed by atoms with Crippen molar-refractivity contribution in [2.45, 2.75) is 73.8 Å². The van der Waals surface area contributed by atoms with Gasteiger partial charge in [0, 0.05) is 6.04 Å². The van der Waals surface area contributed by atoms with Gasteiger partial charge >= 0.3 is 0 Å². The third kappa shape index (κ3) is 2.65. The van der Waals surface area contributed by atoms with E-state index >= 15 is 0 Å². The topological polar surface area (TPSA) is 12.0 Å². The van der Waals surface area contributed by atoms with Crippen molar-refractivity contribution in [1.29, 1.82) is 0 Å². The normalized spacial score (nSPS) is 22.6. The van der Waals surface area contributed by atoms with Crippen molar-refractivity contribution in [2.24, 2.45) is 11.3 Å². The molecule has 0 aliphatic heterocycles. The van der Waals surface area contributed by atoms with Crippen LogP contribution in [-0.4, -0.2) is 7.05 Å². The molecule has 1 heteroatoms. The molecule has 1 aromatic rings. The monoisotopic (exact) mass is 287 g/mol. The molecule has 0 aromatic heterocycles. The van der Waals surface area contributed by atoms with Crippen LogP contribution in [0.1, 0.15) is 72.5 Å². The first-order chi connectivity index (χ1) is 9.72. The fourth-order valence-corrected chi connectivity index (χ4v) is 4.51. The number of rotatable bonds is 3. The molecular weight excluding hydrogens is 254 g/mol. The van der Waals surface area contributed by atoms with E-state index in [1.165, 1.54) is 47.1 Å². The third-order valence-electron chi connectivity index (χ3n) is 6.42. The van der Waals surface area contributed by atoms with Gasteiger partial charge in [0.15, 0.2) is 0 Å². The quantitative estimate of drug-likeness (QED) is 0.794. The van der Waals surface area contributed by atoms with Gasteiger partial charge in [0.25, 0.3) is 0 Å². The first-order valence-electron chi connectivity index (χ1n) is 8.46. The Morgan fingerprint density at radius 1 is 0.905 bits per heavy atom. The lowest BCUT2D eigenvalue weighted by atomic mass is 9.73. The van der Waals surface area contributed by atoms with Gasteiger partial charge in [-0.2, -0.15) is 0 Å². The summed E-state index contributed by atoms with van der Waals surface area (Å²) >= 11 is 0. The van der Waals surface area contributed by atoms with Crippen molar-refractivity contribution in [3.8, 4) is 0 Å². The number of nitrogens with one attached hydrogen (secondary N) is 1. The summed E-state index contributed by atoms with van der Waals surface area (Å²) < 4.78 is 0. The molecule has 2 unspecified atom stereocenters. The van der Waals surface area contributed by atoms with Crippen molar-refractivity contribution in [1.82, 2.24) is 5.32 Å². The van der Waals surface area contributed by atoms with Crippen LogP contribution in [0.25, 0.3) is 0 Å². The van der Waals surface area contributed by atoms with Gasteiger partial charge in [-0.3, -0.25) is 0 Å². The number of benzene rings is 1. The van der Waals surface area contributed by atoms with Crippen LogP contribution in [0.3, 0.4) is 0 Å². The summed E-state index contributed by atoms with van der Waals surface area (Å²) in [4.78, 5) is 0. The van der Waals surface area contributed by atoms with Gasteiger partial charge < -0.3 is 5.32 Å². The molecule has 1 fully saturated rings. The Kier molecular flexibility index (Phi) is 4.54. The van der Waals surface area contributed by atoms with E-state index < -0.39 is 0 Å². The SMILES string of the molecule is CNC(c1c(C)c(C)c(C)c(C)c1C)C1CCCC1(C)C. The predicted octanol–water partition coefficient (Wildman–Crippen LogP) is 5.32. The van der Waals surface area contributed by atoms with Crippen LogP contribution in [0, 0.1) is 46.0 Å². The van der Waals surface area contributed by atoms with Crippen LogP contribution in [-0.2, 0) is 0 Å². The van der Waals surface area contributed by atoms with Gasteiger partial charge in [-0.15, -0.1) is 0 Å². The highest BCUT2D eigenvalue weighted by molar-refractivity contribution is 5.51. The van der Waals surface area contributed by atoms with E-state index in [-0.39, 0.29) is 0 Å². The fourth-order valence-electron chi connectivity index (χ4n) is 4.51. The number of hydrogen-bond donors (Lipinski definition) is 1. The van der Waals surface area contributed by atoms with Crippen molar-refractivity contribution in [2.75, 3.05) is 7.05 Å². The maximum Gasteiger partial charge on any atom is 0.0356 e. The average Bonchev–Trinajstić information content (AvgIpc) is 2.78. The van der Waals surface area contributed by atoms with Crippen LogP contribution < -0.4 is 5.32 Å². The largest absolute Gasteiger partial charge is 0.313 e. The van der Waals surface area contributed by atoms with Gasteiger partial charge in [-0.05, 0) is 99.2 Å². The molecule has 0 bridgehead atoms. The van der Waals surface area contributed by atoms with Crippen LogP contribution in [0.5, 0.6) is 0 Å². The van der Waals surface area contributed by atoms with Crippen molar-refractivity contribution in [3.05, 3.63) is 33.4 Å². The zero-order valence-corrected chi connectivity index (χ0v) is 15.3. The molecule has 0 radical (unpaired) electrons. The summed E-state index contributed by atoms with van der Waals surface area (Å²) in [7, 11) is 2.14. The second kappa shape index (κ2) is 5.76. The van der Waals surface area contributed by atoms with E-state index in [2.05, 4.69) is 60.8 Å². The smallest absolute Gasteiger partial charge is 0.0356 e. The average molecular weight is 287 g/mol. The van der Waals surface area contributed by atoms with Crippen molar-refractivity contribution >= 4 is 0 Å². The Labute approximate surface area is 131 Å². The Morgan fingerprint density at radius 2 is 1.38 bits per heavy atom. The maximum atomic E-state index is 3.67. The van der Waals surface area contributed by atoms with Gasteiger partial charge in [0.2, 0.25) is 0 Å². The molecule has 1 saturated carbocycles. The van der Waals surface area contributed by atoms with E-state index in [0.29, 0.717) is 11.5 Å². The Bertz CT molecular complexity index is 510. The highest BCUT2D eigenvalue weighted by Gasteiger charge is 2.40. The molecule has 1 nitrogen and oxygen atoms in total. The van der Waals surface area contributed by atoms with Gasteiger partial charge in [0.05, 0.1) is 0 Å². The van der Waals surface area contributed by atoms with E-state index in [1.807, 2.05) is 0 Å². The Balaban J connectivity index is 2.58. The van der Waals surface area contributed by atoms with E-state index in [4.69, 9.17) is 0 Å². The molecule has 1 aliphatic carbocycles. The first kappa shape index (κ1) is 16.5. The summed E-state index contributed by atoms with van der Waals surface area (Å²) in [6.45, 7) is 16.4. The van der Waals surface area contributed by atoms with E-state index in [0.717, 1.165) is 5.92 Å². The van der Waals surface area contributed by atoms with Gasteiger partial charge in [-0.1, -0.05) is 20.3 Å². The van der Waals surface area contributed by atoms with E-state index in [1.54, 1.807) is 5.56 Å². The van der Waals surface area contributed by atoms with Crippen LogP contribution in [0.2, 0.25) is 0 Å². The molecule has 1 aliphatic rings. The van der Waals surface area contributed by atoms with Crippen molar-refractivity contribution < 1.29 is 0 Å². The molecule has 118 valence electrons. The lowest BCUT2D eigenvalue weighted by Gasteiger charge is -2.37. The Morgan fingerprint density at radius 3 is 1.76 bits per heavy atom. The highest BCUT2D eigenvalue weighted by atomic mass is 14.9. The van der Waals surface area contributed by atoms with E-state index in [9.17, 15) is 0 Å². The van der Waals surface area contributed by atoms with Crippen LogP contribution in [0.4, 0.5) is 0 Å². The molecular formula is C20H33N. The fraction of sp³-hybridized carbons (Fsp3) is 0.700. The standard InChI is InChI=1S/C20H33N/c1-12-13(2)15(4)18(16(5)14(12)3)19(21-8)17-10-9-11-20(17,6)7/h17,19,21H,9-11H2,1-8H3. The predicted molar refractivity (Wildman–Crippen MR) is 93.0 cm³/mol. The minimum absolute atomic E-state index is 0.444. The zero-order chi connectivity index (χ0) is 15.9. The van der Waals surface area contributed by atoms with Crippen molar-refractivity contribution in [3.63, 3.8) is 0 Å². The molecule has 2 atom stereocenters. The molecule has 0 saturated heterocycles. The first-order valence-corrected chi connectivity index (χ1v) is 8.46. The maximum absolute atomic E-state index is 3.67. The summed E-state index contributed by atoms with van der Waals surface area (Å²) in [6.07, 6.45) is 4.08. The highest BCUT2D eigenvalue weighted by Crippen LogP contribution is 2.50. The zero-order valence-electron chi connectivity index (χ0n) is 15.3. The second-order valence-electron chi connectivity index (χ2n) is 7.79. The second-order valence-corrected chi connectivity index (χ2v) is 7.79.